The van der Waals surface area contributed by atoms with E-state index in [0.717, 1.165) is 42.4 Å². The van der Waals surface area contributed by atoms with Gasteiger partial charge in [0.1, 0.15) is 0 Å². The predicted octanol–water partition coefficient (Wildman–Crippen LogP) is 2.29. The minimum atomic E-state index is 0.110. The molecule has 1 aliphatic heterocycles. The summed E-state index contributed by atoms with van der Waals surface area (Å²) in [5, 5.41) is 0.990. The third-order valence-corrected chi connectivity index (χ3v) is 4.86. The summed E-state index contributed by atoms with van der Waals surface area (Å²) in [5.74, 6) is 0.263. The Bertz CT molecular complexity index is 714. The topological polar surface area (TPSA) is 56.4 Å². The number of carbonyl (C=O) groups excluding carboxylic acids is 2. The summed E-state index contributed by atoms with van der Waals surface area (Å²) in [7, 11) is 1.86. The van der Waals surface area contributed by atoms with Crippen LogP contribution in [0.3, 0.4) is 0 Å². The van der Waals surface area contributed by atoms with Gasteiger partial charge in [0.25, 0.3) is 0 Å². The third kappa shape index (κ3) is 3.29. The summed E-state index contributed by atoms with van der Waals surface area (Å²) >= 11 is 0. The summed E-state index contributed by atoms with van der Waals surface area (Å²) in [5.41, 5.74) is 1.77. The van der Waals surface area contributed by atoms with Crippen LogP contribution in [-0.4, -0.2) is 59.2 Å². The lowest BCUT2D eigenvalue weighted by Crippen LogP contribution is -2.46. The number of hydrogen-bond acceptors (Lipinski definition) is 3. The van der Waals surface area contributed by atoms with E-state index in [1.165, 1.54) is 0 Å². The highest BCUT2D eigenvalue weighted by atomic mass is 16.2. The molecule has 2 aromatic rings. The zero-order chi connectivity index (χ0) is 16.4. The molecule has 0 bridgehead atoms. The number of likely N-dealkylation sites (tertiary alicyclic amines) is 1. The summed E-state index contributed by atoms with van der Waals surface area (Å²) in [4.78, 5) is 31.2. The van der Waals surface area contributed by atoms with E-state index in [1.807, 2.05) is 42.4 Å². The van der Waals surface area contributed by atoms with E-state index in [2.05, 4.69) is 9.88 Å². The fourth-order valence-electron chi connectivity index (χ4n) is 3.31. The standard InChI is InChI=1S/C18H23N3O2/c1-13(22)20(2)14-7-9-21(10-8-14)12-18(23)16-11-19-17-6-4-3-5-15(16)17/h3-6,11,14,19H,7-10,12H2,1-2H3. The highest BCUT2D eigenvalue weighted by molar-refractivity contribution is 6.08. The molecule has 2 heterocycles. The van der Waals surface area contributed by atoms with Gasteiger partial charge in [-0.1, -0.05) is 18.2 Å². The van der Waals surface area contributed by atoms with Crippen LogP contribution in [-0.2, 0) is 4.79 Å². The third-order valence-electron chi connectivity index (χ3n) is 4.86. The van der Waals surface area contributed by atoms with Crippen LogP contribution in [0.15, 0.2) is 30.5 Å². The van der Waals surface area contributed by atoms with Crippen molar-refractivity contribution >= 4 is 22.6 Å². The molecule has 122 valence electrons. The van der Waals surface area contributed by atoms with Crippen molar-refractivity contribution in [1.82, 2.24) is 14.8 Å². The first-order chi connectivity index (χ1) is 11.1. The molecular weight excluding hydrogens is 290 g/mol. The van der Waals surface area contributed by atoms with Crippen molar-refractivity contribution < 1.29 is 9.59 Å². The number of rotatable bonds is 4. The second-order valence-corrected chi connectivity index (χ2v) is 6.31. The quantitative estimate of drug-likeness (QED) is 0.881. The number of aromatic amines is 1. The first kappa shape index (κ1) is 15.7. The molecule has 5 nitrogen and oxygen atoms in total. The van der Waals surface area contributed by atoms with E-state index in [-0.39, 0.29) is 11.7 Å². The van der Waals surface area contributed by atoms with Crippen LogP contribution in [0.1, 0.15) is 30.1 Å². The van der Waals surface area contributed by atoms with Crippen molar-refractivity contribution in [3.63, 3.8) is 0 Å². The van der Waals surface area contributed by atoms with Gasteiger partial charge in [-0.25, -0.2) is 0 Å². The monoisotopic (exact) mass is 313 g/mol. The fraction of sp³-hybridized carbons (Fsp3) is 0.444. The molecule has 0 spiro atoms. The van der Waals surface area contributed by atoms with Gasteiger partial charge < -0.3 is 9.88 Å². The number of fused-ring (bicyclic) bond motifs is 1. The maximum Gasteiger partial charge on any atom is 0.219 e. The summed E-state index contributed by atoms with van der Waals surface area (Å²) in [6, 6.07) is 8.17. The van der Waals surface area contributed by atoms with Crippen LogP contribution in [0, 0.1) is 0 Å². The molecule has 5 heteroatoms. The number of nitrogens with zero attached hydrogens (tertiary/aromatic N) is 2. The van der Waals surface area contributed by atoms with Gasteiger partial charge in [0.2, 0.25) is 5.91 Å². The SMILES string of the molecule is CC(=O)N(C)C1CCN(CC(=O)c2c[nH]c3ccccc23)CC1. The number of carbonyl (C=O) groups is 2. The Kier molecular flexibility index (Phi) is 4.48. The molecule has 0 unspecified atom stereocenters. The van der Waals surface area contributed by atoms with Gasteiger partial charge in [0.15, 0.2) is 5.78 Å². The average molecular weight is 313 g/mol. The van der Waals surface area contributed by atoms with Crippen LogP contribution >= 0.6 is 0 Å². The Hall–Kier alpha value is -2.14. The number of piperidine rings is 1. The van der Waals surface area contributed by atoms with Crippen LogP contribution in [0.4, 0.5) is 0 Å². The second-order valence-electron chi connectivity index (χ2n) is 6.31. The Labute approximate surface area is 136 Å². The van der Waals surface area contributed by atoms with Gasteiger partial charge in [-0.15, -0.1) is 0 Å². The van der Waals surface area contributed by atoms with Gasteiger partial charge in [0.05, 0.1) is 6.54 Å². The number of H-pyrrole nitrogens is 1. The predicted molar refractivity (Wildman–Crippen MR) is 90.5 cm³/mol. The van der Waals surface area contributed by atoms with E-state index in [0.29, 0.717) is 12.6 Å². The number of Topliss-reactive ketones (excluding diaryl/α,β-unsaturated/α-hetero) is 1. The molecule has 1 saturated heterocycles. The van der Waals surface area contributed by atoms with Crippen molar-refractivity contribution in [2.24, 2.45) is 0 Å². The number of hydrogen-bond donors (Lipinski definition) is 1. The van der Waals surface area contributed by atoms with Gasteiger partial charge in [-0.05, 0) is 18.9 Å². The Morgan fingerprint density at radius 1 is 1.26 bits per heavy atom. The Morgan fingerprint density at radius 3 is 2.65 bits per heavy atom. The van der Waals surface area contributed by atoms with Crippen LogP contribution in [0.2, 0.25) is 0 Å². The molecule has 0 saturated carbocycles. The zero-order valence-electron chi connectivity index (χ0n) is 13.7. The fourth-order valence-corrected chi connectivity index (χ4v) is 3.31. The van der Waals surface area contributed by atoms with Crippen molar-refractivity contribution in [3.05, 3.63) is 36.0 Å². The number of benzene rings is 1. The van der Waals surface area contributed by atoms with E-state index in [9.17, 15) is 9.59 Å². The summed E-state index contributed by atoms with van der Waals surface area (Å²) < 4.78 is 0. The number of aromatic nitrogens is 1. The number of ketones is 1. The Balaban J connectivity index is 1.60. The molecule has 1 fully saturated rings. The largest absolute Gasteiger partial charge is 0.360 e. The highest BCUT2D eigenvalue weighted by Gasteiger charge is 2.25. The number of amides is 1. The normalized spacial score (nSPS) is 16.6. The molecule has 1 N–H and O–H groups in total. The van der Waals surface area contributed by atoms with E-state index in [4.69, 9.17) is 0 Å². The molecule has 0 atom stereocenters. The molecule has 3 rings (SSSR count). The van der Waals surface area contributed by atoms with Crippen LogP contribution in [0.25, 0.3) is 10.9 Å². The molecule has 0 aliphatic carbocycles. The molecule has 23 heavy (non-hydrogen) atoms. The van der Waals surface area contributed by atoms with E-state index < -0.39 is 0 Å². The number of nitrogens with one attached hydrogen (secondary N) is 1. The first-order valence-corrected chi connectivity index (χ1v) is 8.11. The lowest BCUT2D eigenvalue weighted by atomic mass is 10.0. The average Bonchev–Trinajstić information content (AvgIpc) is 2.99. The van der Waals surface area contributed by atoms with Crippen molar-refractivity contribution in [2.75, 3.05) is 26.7 Å². The maximum absolute atomic E-state index is 12.6. The van der Waals surface area contributed by atoms with Crippen molar-refractivity contribution in [3.8, 4) is 0 Å². The van der Waals surface area contributed by atoms with Gasteiger partial charge in [-0.3, -0.25) is 14.5 Å². The minimum absolute atomic E-state index is 0.110. The summed E-state index contributed by atoms with van der Waals surface area (Å²) in [6.07, 6.45) is 3.66. The van der Waals surface area contributed by atoms with Crippen LogP contribution < -0.4 is 0 Å². The molecular formula is C18H23N3O2. The summed E-state index contributed by atoms with van der Waals surface area (Å²) in [6.45, 7) is 3.76. The molecule has 1 aromatic heterocycles. The second kappa shape index (κ2) is 6.54. The lowest BCUT2D eigenvalue weighted by Gasteiger charge is -2.36. The maximum atomic E-state index is 12.6. The smallest absolute Gasteiger partial charge is 0.219 e. The van der Waals surface area contributed by atoms with E-state index >= 15 is 0 Å². The van der Waals surface area contributed by atoms with Crippen molar-refractivity contribution in [2.45, 2.75) is 25.8 Å². The minimum Gasteiger partial charge on any atom is -0.360 e. The Morgan fingerprint density at radius 2 is 1.96 bits per heavy atom. The molecule has 0 radical (unpaired) electrons. The van der Waals surface area contributed by atoms with Gasteiger partial charge >= 0.3 is 0 Å². The first-order valence-electron chi connectivity index (χ1n) is 8.11. The zero-order valence-corrected chi connectivity index (χ0v) is 13.7. The van der Waals surface area contributed by atoms with Crippen molar-refractivity contribution in [1.29, 1.82) is 0 Å². The van der Waals surface area contributed by atoms with Crippen LogP contribution in [0.5, 0.6) is 0 Å². The van der Waals surface area contributed by atoms with Gasteiger partial charge in [0, 0.05) is 55.8 Å². The molecule has 1 amide bonds. The van der Waals surface area contributed by atoms with E-state index in [1.54, 1.807) is 6.92 Å². The number of para-hydroxylation sites is 1. The highest BCUT2D eigenvalue weighted by Crippen LogP contribution is 2.20. The lowest BCUT2D eigenvalue weighted by molar-refractivity contribution is -0.130. The molecule has 1 aliphatic rings. The van der Waals surface area contributed by atoms with Gasteiger partial charge in [-0.2, -0.15) is 0 Å². The molecule has 1 aromatic carbocycles.